The Balaban J connectivity index is 2.20. The average molecular weight is 289 g/mol. The zero-order chi connectivity index (χ0) is 14.9. The Kier molecular flexibility index (Phi) is 4.08. The van der Waals surface area contributed by atoms with Gasteiger partial charge in [-0.1, -0.05) is 12.2 Å². The van der Waals surface area contributed by atoms with E-state index < -0.39 is 40.8 Å². The third-order valence-electron chi connectivity index (χ3n) is 3.06. The summed E-state index contributed by atoms with van der Waals surface area (Å²) in [6, 6.07) is -0.511. The van der Waals surface area contributed by atoms with Gasteiger partial charge in [0.1, 0.15) is 5.56 Å². The minimum Gasteiger partial charge on any atom is -0.396 e. The summed E-state index contributed by atoms with van der Waals surface area (Å²) >= 11 is 0. The maximum atomic E-state index is 13.4. The van der Waals surface area contributed by atoms with Gasteiger partial charge in [0.15, 0.2) is 23.3 Å². The van der Waals surface area contributed by atoms with E-state index in [1.807, 2.05) is 0 Å². The van der Waals surface area contributed by atoms with Crippen molar-refractivity contribution in [3.8, 4) is 0 Å². The van der Waals surface area contributed by atoms with E-state index in [-0.39, 0.29) is 18.6 Å². The molecule has 0 aliphatic heterocycles. The van der Waals surface area contributed by atoms with Crippen molar-refractivity contribution in [2.75, 3.05) is 6.61 Å². The molecule has 1 aliphatic rings. The van der Waals surface area contributed by atoms with E-state index in [0.29, 0.717) is 6.42 Å². The maximum absolute atomic E-state index is 13.4. The van der Waals surface area contributed by atoms with Crippen molar-refractivity contribution in [3.05, 3.63) is 47.1 Å². The highest BCUT2D eigenvalue weighted by molar-refractivity contribution is 5.95. The van der Waals surface area contributed by atoms with Gasteiger partial charge in [0, 0.05) is 24.6 Å². The van der Waals surface area contributed by atoms with Crippen LogP contribution in [0.4, 0.5) is 17.6 Å². The predicted octanol–water partition coefficient (Wildman–Crippen LogP) is 1.91. The van der Waals surface area contributed by atoms with Crippen LogP contribution in [0, 0.1) is 29.2 Å². The molecule has 3 nitrogen and oxygen atoms in total. The SMILES string of the molecule is O=C(N[C@@H]1C=C[C@H](CO)C1)c1c(F)c(F)cc(F)c1F. The van der Waals surface area contributed by atoms with Gasteiger partial charge in [0.05, 0.1) is 0 Å². The molecule has 2 atom stereocenters. The van der Waals surface area contributed by atoms with Gasteiger partial charge in [-0.3, -0.25) is 4.79 Å². The number of halogens is 4. The lowest BCUT2D eigenvalue weighted by Crippen LogP contribution is -2.34. The monoisotopic (exact) mass is 289 g/mol. The molecule has 0 saturated carbocycles. The third-order valence-corrected chi connectivity index (χ3v) is 3.06. The normalized spacial score (nSPS) is 21.2. The first kappa shape index (κ1) is 14.5. The van der Waals surface area contributed by atoms with E-state index in [9.17, 15) is 22.4 Å². The van der Waals surface area contributed by atoms with Crippen molar-refractivity contribution < 1.29 is 27.5 Å². The summed E-state index contributed by atoms with van der Waals surface area (Å²) in [6.45, 7) is -0.125. The number of hydrogen-bond acceptors (Lipinski definition) is 2. The molecule has 0 fully saturated rings. The number of carbonyl (C=O) groups is 1. The summed E-state index contributed by atoms with van der Waals surface area (Å²) in [5, 5.41) is 11.2. The molecule has 0 heterocycles. The van der Waals surface area contributed by atoms with Crippen LogP contribution in [0.2, 0.25) is 0 Å². The van der Waals surface area contributed by atoms with E-state index >= 15 is 0 Å². The number of hydrogen-bond donors (Lipinski definition) is 2. The van der Waals surface area contributed by atoms with Gasteiger partial charge < -0.3 is 10.4 Å². The zero-order valence-corrected chi connectivity index (χ0v) is 10.2. The van der Waals surface area contributed by atoms with Crippen LogP contribution in [0.1, 0.15) is 16.8 Å². The molecule has 2 N–H and O–H groups in total. The zero-order valence-electron chi connectivity index (χ0n) is 10.2. The van der Waals surface area contributed by atoms with E-state index in [1.165, 1.54) is 0 Å². The summed E-state index contributed by atoms with van der Waals surface area (Å²) in [5.41, 5.74) is -1.29. The molecule has 2 rings (SSSR count). The number of aliphatic hydroxyl groups excluding tert-OH is 1. The van der Waals surface area contributed by atoms with Gasteiger partial charge in [-0.15, -0.1) is 0 Å². The van der Waals surface area contributed by atoms with Gasteiger partial charge in [-0.2, -0.15) is 0 Å². The number of rotatable bonds is 3. The van der Waals surface area contributed by atoms with Crippen molar-refractivity contribution in [2.45, 2.75) is 12.5 Å². The van der Waals surface area contributed by atoms with Crippen LogP contribution >= 0.6 is 0 Å². The Morgan fingerprint density at radius 3 is 2.30 bits per heavy atom. The standard InChI is InChI=1S/C13H11F4NO2/c14-8-4-9(15)12(17)10(11(8)16)13(20)18-7-2-1-6(3-7)5-19/h1-2,4,6-7,19H,3,5H2,(H,18,20)/t6-,7+/m0/s1. The lowest BCUT2D eigenvalue weighted by Gasteiger charge is -2.13. The van der Waals surface area contributed by atoms with Crippen molar-refractivity contribution in [3.63, 3.8) is 0 Å². The molecule has 0 bridgehead atoms. The smallest absolute Gasteiger partial charge is 0.257 e. The molecule has 1 amide bonds. The highest BCUT2D eigenvalue weighted by Gasteiger charge is 2.27. The molecule has 108 valence electrons. The fraction of sp³-hybridized carbons (Fsp3) is 0.308. The first-order valence-electron chi connectivity index (χ1n) is 5.87. The van der Waals surface area contributed by atoms with Gasteiger partial charge >= 0.3 is 0 Å². The molecule has 0 radical (unpaired) electrons. The number of aliphatic hydroxyl groups is 1. The minimum absolute atomic E-state index is 0.0404. The Morgan fingerprint density at radius 2 is 1.80 bits per heavy atom. The molecule has 0 aromatic heterocycles. The molecule has 20 heavy (non-hydrogen) atoms. The minimum atomic E-state index is -1.73. The van der Waals surface area contributed by atoms with Crippen molar-refractivity contribution >= 4 is 5.91 Å². The molecule has 1 aliphatic carbocycles. The second-order valence-corrected chi connectivity index (χ2v) is 4.49. The van der Waals surface area contributed by atoms with Crippen molar-refractivity contribution in [2.24, 2.45) is 5.92 Å². The van der Waals surface area contributed by atoms with Crippen LogP contribution in [0.3, 0.4) is 0 Å². The average Bonchev–Trinajstić information content (AvgIpc) is 2.84. The van der Waals surface area contributed by atoms with Crippen LogP contribution < -0.4 is 5.32 Å². The molecular weight excluding hydrogens is 278 g/mol. The second-order valence-electron chi connectivity index (χ2n) is 4.49. The maximum Gasteiger partial charge on any atom is 0.257 e. The number of nitrogens with one attached hydrogen (secondary N) is 1. The summed E-state index contributed by atoms with van der Waals surface area (Å²) in [7, 11) is 0. The van der Waals surface area contributed by atoms with Crippen molar-refractivity contribution in [1.29, 1.82) is 0 Å². The summed E-state index contributed by atoms with van der Waals surface area (Å²) in [5.74, 6) is -8.15. The quantitative estimate of drug-likeness (QED) is 0.507. The largest absolute Gasteiger partial charge is 0.396 e. The molecular formula is C13H11F4NO2. The van der Waals surface area contributed by atoms with Crippen LogP contribution in [0.15, 0.2) is 18.2 Å². The first-order chi connectivity index (χ1) is 9.43. The van der Waals surface area contributed by atoms with Gasteiger partial charge in [0.2, 0.25) is 0 Å². The van der Waals surface area contributed by atoms with E-state index in [2.05, 4.69) is 5.32 Å². The van der Waals surface area contributed by atoms with Crippen LogP contribution in [-0.4, -0.2) is 23.7 Å². The topological polar surface area (TPSA) is 49.3 Å². The predicted molar refractivity (Wildman–Crippen MR) is 61.9 cm³/mol. The van der Waals surface area contributed by atoms with Crippen LogP contribution in [-0.2, 0) is 0 Å². The molecule has 7 heteroatoms. The molecule has 0 spiro atoms. The van der Waals surface area contributed by atoms with Crippen LogP contribution in [0.5, 0.6) is 0 Å². The number of carbonyl (C=O) groups excluding carboxylic acids is 1. The van der Waals surface area contributed by atoms with Crippen LogP contribution in [0.25, 0.3) is 0 Å². The van der Waals surface area contributed by atoms with Gasteiger partial charge in [0.25, 0.3) is 5.91 Å². The lowest BCUT2D eigenvalue weighted by molar-refractivity contribution is 0.0930. The van der Waals surface area contributed by atoms with Crippen molar-refractivity contribution in [1.82, 2.24) is 5.32 Å². The number of amides is 1. The second kappa shape index (κ2) is 5.62. The summed E-state index contributed by atoms with van der Waals surface area (Å²) in [6.07, 6.45) is 3.54. The molecule has 0 saturated heterocycles. The Labute approximate surface area is 111 Å². The van der Waals surface area contributed by atoms with E-state index in [4.69, 9.17) is 5.11 Å². The Morgan fingerprint density at radius 1 is 1.20 bits per heavy atom. The van der Waals surface area contributed by atoms with E-state index in [0.717, 1.165) is 0 Å². The molecule has 1 aromatic carbocycles. The summed E-state index contributed by atoms with van der Waals surface area (Å²) < 4.78 is 52.8. The third kappa shape index (κ3) is 2.67. The molecule has 0 unspecified atom stereocenters. The Hall–Kier alpha value is -1.89. The fourth-order valence-corrected chi connectivity index (χ4v) is 2.03. The van der Waals surface area contributed by atoms with Gasteiger partial charge in [-0.05, 0) is 6.42 Å². The van der Waals surface area contributed by atoms with E-state index in [1.54, 1.807) is 12.2 Å². The first-order valence-corrected chi connectivity index (χ1v) is 5.87. The Bertz CT molecular complexity index is 548. The fourth-order valence-electron chi connectivity index (χ4n) is 2.03. The molecule has 1 aromatic rings. The number of benzene rings is 1. The van der Waals surface area contributed by atoms with Gasteiger partial charge in [-0.25, -0.2) is 17.6 Å². The highest BCUT2D eigenvalue weighted by Crippen LogP contribution is 2.21. The highest BCUT2D eigenvalue weighted by atomic mass is 19.2. The summed E-state index contributed by atoms with van der Waals surface area (Å²) in [4.78, 5) is 11.7. The lowest BCUT2D eigenvalue weighted by atomic mass is 10.1.